The van der Waals surface area contributed by atoms with E-state index in [-0.39, 0.29) is 12.6 Å². The van der Waals surface area contributed by atoms with Crippen molar-refractivity contribution in [2.24, 2.45) is 4.99 Å². The molecule has 8 heteroatoms. The number of para-hydroxylation sites is 1. The maximum atomic E-state index is 5.93. The zero-order valence-corrected chi connectivity index (χ0v) is 20.1. The molecule has 1 N–H and O–H groups in total. The van der Waals surface area contributed by atoms with E-state index < -0.39 is 0 Å². The molecular formula is C29H25N5O3. The number of rotatable bonds is 7. The van der Waals surface area contributed by atoms with E-state index in [0.29, 0.717) is 30.5 Å². The number of hydrogen-bond acceptors (Lipinski definition) is 8. The average molecular weight is 492 g/mol. The Bertz CT molecular complexity index is 1550. The van der Waals surface area contributed by atoms with E-state index in [1.54, 1.807) is 12.5 Å². The Hall–Kier alpha value is -4.72. The third-order valence-corrected chi connectivity index (χ3v) is 6.11. The second kappa shape index (κ2) is 10.5. The van der Waals surface area contributed by atoms with Crippen molar-refractivity contribution in [3.63, 3.8) is 0 Å². The van der Waals surface area contributed by atoms with E-state index in [0.717, 1.165) is 40.6 Å². The summed E-state index contributed by atoms with van der Waals surface area (Å²) in [7, 11) is 0. The van der Waals surface area contributed by atoms with E-state index >= 15 is 0 Å². The van der Waals surface area contributed by atoms with Crippen LogP contribution in [0.2, 0.25) is 0 Å². The van der Waals surface area contributed by atoms with Gasteiger partial charge in [-0.15, -0.1) is 5.10 Å². The molecule has 0 spiro atoms. The molecule has 1 aliphatic carbocycles. The highest BCUT2D eigenvalue weighted by atomic mass is 16.6. The lowest BCUT2D eigenvalue weighted by atomic mass is 10.0. The summed E-state index contributed by atoms with van der Waals surface area (Å²) < 4.78 is 17.4. The fraction of sp³-hybridized carbons (Fsp3) is 0.172. The first-order valence-corrected chi connectivity index (χ1v) is 12.2. The second-order valence-corrected chi connectivity index (χ2v) is 8.79. The molecule has 6 rings (SSSR count). The van der Waals surface area contributed by atoms with Crippen molar-refractivity contribution in [2.45, 2.75) is 25.8 Å². The summed E-state index contributed by atoms with van der Waals surface area (Å²) in [6, 6.07) is 18.2. The van der Waals surface area contributed by atoms with Crippen molar-refractivity contribution in [3.8, 4) is 11.5 Å². The van der Waals surface area contributed by atoms with Gasteiger partial charge in [0.1, 0.15) is 12.0 Å². The lowest BCUT2D eigenvalue weighted by molar-refractivity contribution is 0.211. The van der Waals surface area contributed by atoms with Crippen molar-refractivity contribution in [2.75, 3.05) is 11.9 Å². The van der Waals surface area contributed by atoms with Gasteiger partial charge in [-0.1, -0.05) is 53.2 Å². The van der Waals surface area contributed by atoms with Crippen LogP contribution in [0.1, 0.15) is 24.8 Å². The SMILES string of the molecule is C1=CCCC(CC2=COCC(=Nc3nnc(-c4ccccc4NCc4ccc5ncccc5c4)o3)O2)=C1. The van der Waals surface area contributed by atoms with Crippen molar-refractivity contribution >= 4 is 28.5 Å². The molecule has 2 aromatic carbocycles. The zero-order valence-electron chi connectivity index (χ0n) is 20.1. The molecule has 0 bridgehead atoms. The highest BCUT2D eigenvalue weighted by molar-refractivity contribution is 5.81. The summed E-state index contributed by atoms with van der Waals surface area (Å²) in [6.45, 7) is 0.844. The molecule has 0 amide bonds. The van der Waals surface area contributed by atoms with Crippen molar-refractivity contribution in [1.29, 1.82) is 0 Å². The number of aliphatic imine (C=N–C) groups is 1. The molecule has 0 fully saturated rings. The molecule has 3 heterocycles. The molecule has 4 aromatic rings. The molecule has 2 aliphatic rings. The molecule has 184 valence electrons. The summed E-state index contributed by atoms with van der Waals surface area (Å²) in [5.74, 6) is 1.47. The van der Waals surface area contributed by atoms with Gasteiger partial charge in [-0.05, 0) is 48.7 Å². The van der Waals surface area contributed by atoms with Gasteiger partial charge < -0.3 is 19.2 Å². The molecule has 37 heavy (non-hydrogen) atoms. The lowest BCUT2D eigenvalue weighted by Crippen LogP contribution is -2.16. The molecule has 2 aromatic heterocycles. The predicted molar refractivity (Wildman–Crippen MR) is 142 cm³/mol. The normalized spacial score (nSPS) is 16.2. The number of benzene rings is 2. The minimum absolute atomic E-state index is 0.117. The standard InChI is InChI=1S/C29H25N5O3/c1-2-7-20(8-3-1)16-23-18-35-19-27(36-23)32-29-34-33-28(37-29)24-10-4-5-11-26(24)31-17-21-12-13-25-22(15-21)9-6-14-30-25/h1-2,4-7,9-15,18,31H,3,8,16-17,19H2. The van der Waals surface area contributed by atoms with Gasteiger partial charge in [0, 0.05) is 30.2 Å². The zero-order chi connectivity index (χ0) is 24.9. The largest absolute Gasteiger partial charge is 0.488 e. The van der Waals surface area contributed by atoms with Crippen LogP contribution in [0.3, 0.4) is 0 Å². The summed E-state index contributed by atoms with van der Waals surface area (Å²) in [4.78, 5) is 8.77. The number of ether oxygens (including phenoxy) is 2. The quantitative estimate of drug-likeness (QED) is 0.316. The van der Waals surface area contributed by atoms with E-state index in [2.05, 4.69) is 61.9 Å². The number of nitrogens with zero attached hydrogens (tertiary/aromatic N) is 4. The van der Waals surface area contributed by atoms with E-state index in [4.69, 9.17) is 13.9 Å². The number of hydrogen-bond donors (Lipinski definition) is 1. The monoisotopic (exact) mass is 491 g/mol. The Labute approximate surface area is 214 Å². The molecule has 8 nitrogen and oxygen atoms in total. The third-order valence-electron chi connectivity index (χ3n) is 6.11. The smallest absolute Gasteiger partial charge is 0.345 e. The molecule has 0 atom stereocenters. The molecular weight excluding hydrogens is 466 g/mol. The van der Waals surface area contributed by atoms with Crippen LogP contribution in [0.4, 0.5) is 11.7 Å². The molecule has 1 aliphatic heterocycles. The van der Waals surface area contributed by atoms with Gasteiger partial charge in [0.2, 0.25) is 5.90 Å². The van der Waals surface area contributed by atoms with E-state index in [9.17, 15) is 0 Å². The van der Waals surface area contributed by atoms with Crippen LogP contribution < -0.4 is 5.32 Å². The number of pyridine rings is 1. The molecule has 0 unspecified atom stereocenters. The lowest BCUT2D eigenvalue weighted by Gasteiger charge is -2.18. The molecule has 0 saturated carbocycles. The van der Waals surface area contributed by atoms with Crippen LogP contribution in [-0.4, -0.2) is 27.7 Å². The molecule has 0 radical (unpaired) electrons. The minimum Gasteiger partial charge on any atom is -0.488 e. The Morgan fingerprint density at radius 1 is 1.03 bits per heavy atom. The fourth-order valence-electron chi connectivity index (χ4n) is 4.30. The summed E-state index contributed by atoms with van der Waals surface area (Å²) in [6.07, 6.45) is 12.5. The Balaban J connectivity index is 1.15. The average Bonchev–Trinajstić information content (AvgIpc) is 3.41. The van der Waals surface area contributed by atoms with Gasteiger partial charge in [0.25, 0.3) is 5.89 Å². The van der Waals surface area contributed by atoms with Gasteiger partial charge in [-0.3, -0.25) is 4.98 Å². The highest BCUT2D eigenvalue weighted by Gasteiger charge is 2.17. The van der Waals surface area contributed by atoms with Crippen molar-refractivity contribution in [3.05, 3.63) is 102 Å². The summed E-state index contributed by atoms with van der Waals surface area (Å²) in [5.41, 5.74) is 5.09. The molecule has 0 saturated heterocycles. The number of nitrogens with one attached hydrogen (secondary N) is 1. The number of aromatic nitrogens is 3. The first kappa shape index (κ1) is 22.7. The minimum atomic E-state index is 0.117. The van der Waals surface area contributed by atoms with Gasteiger partial charge in [0.05, 0.1) is 11.1 Å². The van der Waals surface area contributed by atoms with Gasteiger partial charge in [-0.25, -0.2) is 0 Å². The van der Waals surface area contributed by atoms with Crippen molar-refractivity contribution in [1.82, 2.24) is 15.2 Å². The second-order valence-electron chi connectivity index (χ2n) is 8.79. The maximum absolute atomic E-state index is 5.93. The van der Waals surface area contributed by atoms with Crippen LogP contribution in [0.15, 0.2) is 106 Å². The third kappa shape index (κ3) is 5.43. The van der Waals surface area contributed by atoms with Crippen LogP contribution in [0.25, 0.3) is 22.4 Å². The first-order valence-electron chi connectivity index (χ1n) is 12.2. The number of anilines is 1. The van der Waals surface area contributed by atoms with Crippen LogP contribution in [-0.2, 0) is 16.0 Å². The van der Waals surface area contributed by atoms with Crippen LogP contribution in [0, 0.1) is 0 Å². The highest BCUT2D eigenvalue weighted by Crippen LogP contribution is 2.30. The Morgan fingerprint density at radius 2 is 2.00 bits per heavy atom. The summed E-state index contributed by atoms with van der Waals surface area (Å²) in [5, 5.41) is 12.9. The number of fused-ring (bicyclic) bond motifs is 1. The maximum Gasteiger partial charge on any atom is 0.345 e. The Morgan fingerprint density at radius 3 is 2.95 bits per heavy atom. The topological polar surface area (TPSA) is 94.7 Å². The summed E-state index contributed by atoms with van der Waals surface area (Å²) >= 11 is 0. The van der Waals surface area contributed by atoms with E-state index in [1.165, 1.54) is 5.57 Å². The van der Waals surface area contributed by atoms with Crippen LogP contribution in [0.5, 0.6) is 0 Å². The fourth-order valence-corrected chi connectivity index (χ4v) is 4.30. The Kier molecular flexibility index (Phi) is 6.44. The number of allylic oxidation sites excluding steroid dienone is 4. The van der Waals surface area contributed by atoms with Gasteiger partial charge in [0.15, 0.2) is 6.61 Å². The van der Waals surface area contributed by atoms with Gasteiger partial charge >= 0.3 is 6.01 Å². The van der Waals surface area contributed by atoms with Gasteiger partial charge in [-0.2, -0.15) is 4.99 Å². The van der Waals surface area contributed by atoms with E-state index in [1.807, 2.05) is 36.4 Å². The predicted octanol–water partition coefficient (Wildman–Crippen LogP) is 6.48. The first-order chi connectivity index (χ1) is 18.3. The van der Waals surface area contributed by atoms with Crippen LogP contribution >= 0.6 is 0 Å². The van der Waals surface area contributed by atoms with Crippen molar-refractivity contribution < 1.29 is 13.9 Å².